The molecule has 2 heterocycles. The second kappa shape index (κ2) is 7.37. The summed E-state index contributed by atoms with van der Waals surface area (Å²) in [5.41, 5.74) is 3.88. The van der Waals surface area contributed by atoms with E-state index in [0.717, 1.165) is 36.7 Å². The third-order valence-electron chi connectivity index (χ3n) is 2.73. The molecule has 0 atom stereocenters. The van der Waals surface area contributed by atoms with Crippen molar-refractivity contribution in [2.24, 2.45) is 0 Å². The van der Waals surface area contributed by atoms with Crippen LogP contribution in [0.15, 0.2) is 16.1 Å². The highest BCUT2D eigenvalue weighted by Gasteiger charge is 2.05. The van der Waals surface area contributed by atoms with Crippen LogP contribution in [0.25, 0.3) is 0 Å². The van der Waals surface area contributed by atoms with Crippen LogP contribution in [0, 0.1) is 6.92 Å². The third-order valence-corrected chi connectivity index (χ3v) is 3.72. The first-order chi connectivity index (χ1) is 9.29. The molecule has 0 unspecified atom stereocenters. The Morgan fingerprint density at radius 1 is 1.47 bits per heavy atom. The lowest BCUT2D eigenvalue weighted by Crippen LogP contribution is -2.11. The van der Waals surface area contributed by atoms with Crippen molar-refractivity contribution in [3.05, 3.63) is 33.6 Å². The predicted molar refractivity (Wildman–Crippen MR) is 74.1 cm³/mol. The fraction of sp³-hybridized carbons (Fsp3) is 0.538. The van der Waals surface area contributed by atoms with Crippen LogP contribution in [0.1, 0.15) is 28.9 Å². The number of nitrogens with one attached hydrogen (secondary N) is 1. The molecule has 0 aliphatic heterocycles. The molecular weight excluding hydrogens is 262 g/mol. The summed E-state index contributed by atoms with van der Waals surface area (Å²) in [6.45, 7) is 6.89. The van der Waals surface area contributed by atoms with E-state index < -0.39 is 0 Å². The Bertz CT molecular complexity index is 496. The maximum absolute atomic E-state index is 5.59. The zero-order chi connectivity index (χ0) is 13.5. The molecule has 104 valence electrons. The van der Waals surface area contributed by atoms with E-state index in [2.05, 4.69) is 22.4 Å². The van der Waals surface area contributed by atoms with Gasteiger partial charge in [0.25, 0.3) is 0 Å². The predicted octanol–water partition coefficient (Wildman–Crippen LogP) is 2.31. The number of ether oxygens (including phenoxy) is 1. The van der Waals surface area contributed by atoms with Crippen LogP contribution in [0.3, 0.4) is 0 Å². The molecule has 0 saturated heterocycles. The molecule has 0 aliphatic rings. The van der Waals surface area contributed by atoms with Crippen LogP contribution in [0.5, 0.6) is 0 Å². The van der Waals surface area contributed by atoms with Crippen molar-refractivity contribution in [3.63, 3.8) is 0 Å². The number of thiazole rings is 1. The Kier molecular flexibility index (Phi) is 5.50. The minimum absolute atomic E-state index is 0.469. The lowest BCUT2D eigenvalue weighted by molar-refractivity contribution is 0.104. The second-order valence-corrected chi connectivity index (χ2v) is 5.17. The van der Waals surface area contributed by atoms with E-state index in [9.17, 15) is 0 Å². The van der Waals surface area contributed by atoms with Crippen molar-refractivity contribution in [2.75, 3.05) is 13.2 Å². The smallest absolute Gasteiger partial charge is 0.162 e. The zero-order valence-corrected chi connectivity index (χ0v) is 12.1. The molecule has 0 aromatic carbocycles. The third kappa shape index (κ3) is 4.41. The van der Waals surface area contributed by atoms with E-state index in [-0.39, 0.29) is 0 Å². The summed E-state index contributed by atoms with van der Waals surface area (Å²) in [7, 11) is 0. The molecule has 5 nitrogen and oxygen atoms in total. The number of hydrogen-bond donors (Lipinski definition) is 1. The Morgan fingerprint density at radius 3 is 3.11 bits per heavy atom. The fourth-order valence-electron chi connectivity index (χ4n) is 1.66. The monoisotopic (exact) mass is 281 g/mol. The van der Waals surface area contributed by atoms with Gasteiger partial charge >= 0.3 is 0 Å². The highest BCUT2D eigenvalue weighted by atomic mass is 32.1. The van der Waals surface area contributed by atoms with Crippen LogP contribution >= 0.6 is 11.3 Å². The van der Waals surface area contributed by atoms with Gasteiger partial charge in [-0.1, -0.05) is 12.1 Å². The van der Waals surface area contributed by atoms with Gasteiger partial charge in [-0.05, 0) is 13.5 Å². The van der Waals surface area contributed by atoms with Crippen molar-refractivity contribution >= 4 is 11.3 Å². The fourth-order valence-corrected chi connectivity index (χ4v) is 2.43. The summed E-state index contributed by atoms with van der Waals surface area (Å²) in [4.78, 5) is 5.50. The number of hydrogen-bond acceptors (Lipinski definition) is 6. The lowest BCUT2D eigenvalue weighted by Gasteiger charge is -2.00. The van der Waals surface area contributed by atoms with E-state index in [1.54, 1.807) is 11.3 Å². The van der Waals surface area contributed by atoms with Crippen LogP contribution < -0.4 is 5.32 Å². The van der Waals surface area contributed by atoms with Crippen molar-refractivity contribution in [1.82, 2.24) is 15.5 Å². The molecule has 6 heteroatoms. The standard InChI is InChI=1S/C13H19N3O2S/c1-3-14-7-11-6-12(18-16-11)8-17-5-4-13-10(2)15-9-19-13/h6,9,14H,3-5,7-8H2,1-2H3. The van der Waals surface area contributed by atoms with Crippen molar-refractivity contribution < 1.29 is 9.26 Å². The molecule has 19 heavy (non-hydrogen) atoms. The van der Waals surface area contributed by atoms with Gasteiger partial charge in [0.05, 0.1) is 23.5 Å². The van der Waals surface area contributed by atoms with Gasteiger partial charge < -0.3 is 14.6 Å². The molecule has 0 bridgehead atoms. The molecule has 0 radical (unpaired) electrons. The van der Waals surface area contributed by atoms with Crippen LogP contribution in [-0.2, 0) is 24.3 Å². The van der Waals surface area contributed by atoms with Gasteiger partial charge in [-0.3, -0.25) is 0 Å². The highest BCUT2D eigenvalue weighted by molar-refractivity contribution is 7.09. The van der Waals surface area contributed by atoms with Gasteiger partial charge in [-0.15, -0.1) is 11.3 Å². The van der Waals surface area contributed by atoms with Gasteiger partial charge in [0.2, 0.25) is 0 Å². The number of nitrogens with zero attached hydrogens (tertiary/aromatic N) is 2. The molecule has 2 aromatic rings. The van der Waals surface area contributed by atoms with Crippen LogP contribution in [0.4, 0.5) is 0 Å². The topological polar surface area (TPSA) is 60.2 Å². The van der Waals surface area contributed by atoms with Gasteiger partial charge in [0.15, 0.2) is 5.76 Å². The Balaban J connectivity index is 1.68. The molecule has 0 fully saturated rings. The maximum atomic E-state index is 5.59. The molecule has 1 N–H and O–H groups in total. The van der Waals surface area contributed by atoms with Gasteiger partial charge in [0, 0.05) is 23.9 Å². The maximum Gasteiger partial charge on any atom is 0.162 e. The molecular formula is C13H19N3O2S. The van der Waals surface area contributed by atoms with E-state index >= 15 is 0 Å². The molecule has 2 aromatic heterocycles. The summed E-state index contributed by atoms with van der Waals surface area (Å²) in [5, 5.41) is 7.17. The molecule has 0 spiro atoms. The van der Waals surface area contributed by atoms with Crippen molar-refractivity contribution in [1.29, 1.82) is 0 Å². The highest BCUT2D eigenvalue weighted by Crippen LogP contribution is 2.13. The molecule has 0 aliphatic carbocycles. The molecule has 0 saturated carbocycles. The second-order valence-electron chi connectivity index (χ2n) is 4.23. The van der Waals surface area contributed by atoms with Crippen molar-refractivity contribution in [2.45, 2.75) is 33.4 Å². The molecule has 0 amide bonds. The summed E-state index contributed by atoms with van der Waals surface area (Å²) >= 11 is 1.67. The average Bonchev–Trinajstić information content (AvgIpc) is 3.02. The van der Waals surface area contributed by atoms with Gasteiger partial charge in [-0.25, -0.2) is 4.98 Å². The largest absolute Gasteiger partial charge is 0.373 e. The van der Waals surface area contributed by atoms with Crippen LogP contribution in [0.2, 0.25) is 0 Å². The average molecular weight is 281 g/mol. The normalized spacial score (nSPS) is 11.1. The zero-order valence-electron chi connectivity index (χ0n) is 11.3. The van der Waals surface area contributed by atoms with Gasteiger partial charge in [-0.2, -0.15) is 0 Å². The summed E-state index contributed by atoms with van der Waals surface area (Å²) in [6, 6.07) is 1.93. The Labute approximate surface area is 117 Å². The number of rotatable bonds is 8. The molecule has 2 rings (SSSR count). The van der Waals surface area contributed by atoms with Crippen LogP contribution in [-0.4, -0.2) is 23.3 Å². The Hall–Kier alpha value is -1.24. The first-order valence-corrected chi connectivity index (χ1v) is 7.29. The van der Waals surface area contributed by atoms with E-state index in [4.69, 9.17) is 9.26 Å². The first kappa shape index (κ1) is 14.2. The summed E-state index contributed by atoms with van der Waals surface area (Å²) in [5.74, 6) is 0.772. The lowest BCUT2D eigenvalue weighted by atomic mass is 10.3. The van der Waals surface area contributed by atoms with Crippen molar-refractivity contribution in [3.8, 4) is 0 Å². The van der Waals surface area contributed by atoms with E-state index in [1.807, 2.05) is 18.5 Å². The Morgan fingerprint density at radius 2 is 2.37 bits per heavy atom. The number of aromatic nitrogens is 2. The SMILES string of the molecule is CCNCc1cc(COCCc2scnc2C)on1. The minimum atomic E-state index is 0.469. The van der Waals surface area contributed by atoms with Gasteiger partial charge in [0.1, 0.15) is 6.61 Å². The first-order valence-electron chi connectivity index (χ1n) is 6.41. The van der Waals surface area contributed by atoms with E-state index in [1.165, 1.54) is 4.88 Å². The minimum Gasteiger partial charge on any atom is -0.373 e. The summed E-state index contributed by atoms with van der Waals surface area (Å²) < 4.78 is 10.8. The van der Waals surface area contributed by atoms with E-state index in [0.29, 0.717) is 13.2 Å². The summed E-state index contributed by atoms with van der Waals surface area (Å²) in [6.07, 6.45) is 0.898. The quantitative estimate of drug-likeness (QED) is 0.752. The number of aryl methyl sites for hydroxylation is 1.